The molecule has 0 radical (unpaired) electrons. The van der Waals surface area contributed by atoms with Crippen LogP contribution in [-0.4, -0.2) is 12.1 Å². The van der Waals surface area contributed by atoms with E-state index in [2.05, 4.69) is 34.6 Å². The van der Waals surface area contributed by atoms with E-state index in [0.717, 1.165) is 11.6 Å². The number of hydrogen-bond donors (Lipinski definition) is 1. The summed E-state index contributed by atoms with van der Waals surface area (Å²) in [6, 6.07) is 24.5. The molecule has 0 bridgehead atoms. The zero-order chi connectivity index (χ0) is 15.2. The molecule has 3 heteroatoms. The van der Waals surface area contributed by atoms with Crippen molar-refractivity contribution in [2.75, 3.05) is 12.4 Å². The number of ether oxygens (including phenoxy) is 1. The van der Waals surface area contributed by atoms with Gasteiger partial charge in [0.1, 0.15) is 0 Å². The molecule has 0 aliphatic rings. The Morgan fingerprint density at radius 1 is 0.818 bits per heavy atom. The molecule has 0 fully saturated rings. The first kappa shape index (κ1) is 14.1. The molecule has 3 nitrogen and oxygen atoms in total. The molecule has 2 aromatic carbocycles. The quantitative estimate of drug-likeness (QED) is 0.761. The van der Waals surface area contributed by atoms with Crippen LogP contribution in [0.4, 0.5) is 5.82 Å². The molecule has 22 heavy (non-hydrogen) atoms. The third-order valence-corrected chi connectivity index (χ3v) is 3.54. The molecule has 0 aliphatic heterocycles. The first-order valence-electron chi connectivity index (χ1n) is 7.24. The summed E-state index contributed by atoms with van der Waals surface area (Å²) in [5.74, 6) is 1.47. The van der Waals surface area contributed by atoms with Crippen molar-refractivity contribution in [1.82, 2.24) is 4.98 Å². The Morgan fingerprint density at radius 3 is 1.95 bits per heavy atom. The normalized spacial score (nSPS) is 10.5. The maximum absolute atomic E-state index is 5.39. The van der Waals surface area contributed by atoms with Crippen LogP contribution in [0.1, 0.15) is 17.2 Å². The fraction of sp³-hybridized carbons (Fsp3) is 0.105. The van der Waals surface area contributed by atoms with E-state index in [0.29, 0.717) is 0 Å². The number of benzene rings is 2. The first-order valence-corrected chi connectivity index (χ1v) is 7.24. The van der Waals surface area contributed by atoms with Gasteiger partial charge >= 0.3 is 0 Å². The monoisotopic (exact) mass is 290 g/mol. The van der Waals surface area contributed by atoms with E-state index in [-0.39, 0.29) is 6.04 Å². The van der Waals surface area contributed by atoms with Gasteiger partial charge in [-0.05, 0) is 23.3 Å². The van der Waals surface area contributed by atoms with Crippen molar-refractivity contribution in [3.63, 3.8) is 0 Å². The van der Waals surface area contributed by atoms with E-state index in [9.17, 15) is 0 Å². The molecule has 0 saturated carbocycles. The smallest absolute Gasteiger partial charge is 0.169 e. The molecule has 0 amide bonds. The number of anilines is 1. The van der Waals surface area contributed by atoms with Crippen LogP contribution < -0.4 is 10.1 Å². The summed E-state index contributed by atoms with van der Waals surface area (Å²) in [7, 11) is 1.65. The van der Waals surface area contributed by atoms with Gasteiger partial charge in [0, 0.05) is 6.20 Å². The lowest BCUT2D eigenvalue weighted by Gasteiger charge is -2.21. The summed E-state index contributed by atoms with van der Waals surface area (Å²) in [5.41, 5.74) is 2.36. The van der Waals surface area contributed by atoms with E-state index in [1.807, 2.05) is 48.5 Å². The summed E-state index contributed by atoms with van der Waals surface area (Å²) in [5, 5.41) is 3.50. The highest BCUT2D eigenvalue weighted by Gasteiger charge is 2.16. The highest BCUT2D eigenvalue weighted by Crippen LogP contribution is 2.29. The number of nitrogens with one attached hydrogen (secondary N) is 1. The van der Waals surface area contributed by atoms with Gasteiger partial charge < -0.3 is 10.1 Å². The number of nitrogens with zero attached hydrogens (tertiary/aromatic N) is 1. The van der Waals surface area contributed by atoms with Gasteiger partial charge in [-0.3, -0.25) is 0 Å². The van der Waals surface area contributed by atoms with Crippen LogP contribution in [0.25, 0.3) is 0 Å². The Hall–Kier alpha value is -2.81. The molecule has 0 atom stereocenters. The van der Waals surface area contributed by atoms with Crippen LogP contribution in [0, 0.1) is 0 Å². The van der Waals surface area contributed by atoms with E-state index in [1.54, 1.807) is 13.3 Å². The van der Waals surface area contributed by atoms with Crippen LogP contribution in [0.15, 0.2) is 79.0 Å². The summed E-state index contributed by atoms with van der Waals surface area (Å²) in [6.45, 7) is 0. The summed E-state index contributed by atoms with van der Waals surface area (Å²) >= 11 is 0. The second-order valence-electron chi connectivity index (χ2n) is 4.95. The third-order valence-electron chi connectivity index (χ3n) is 3.54. The highest BCUT2D eigenvalue weighted by atomic mass is 16.5. The van der Waals surface area contributed by atoms with Crippen LogP contribution in [-0.2, 0) is 0 Å². The minimum absolute atomic E-state index is 0.0196. The third kappa shape index (κ3) is 3.09. The number of methoxy groups -OCH3 is 1. The largest absolute Gasteiger partial charge is 0.493 e. The predicted octanol–water partition coefficient (Wildman–Crippen LogP) is 4.29. The number of rotatable bonds is 5. The number of hydrogen-bond acceptors (Lipinski definition) is 3. The minimum atomic E-state index is 0.0196. The van der Waals surface area contributed by atoms with Gasteiger partial charge in [0.2, 0.25) is 0 Å². The first-order chi connectivity index (χ1) is 10.9. The van der Waals surface area contributed by atoms with Gasteiger partial charge in [-0.25, -0.2) is 4.98 Å². The predicted molar refractivity (Wildman–Crippen MR) is 89.1 cm³/mol. The minimum Gasteiger partial charge on any atom is -0.493 e. The van der Waals surface area contributed by atoms with E-state index in [4.69, 9.17) is 4.74 Å². The van der Waals surface area contributed by atoms with Crippen molar-refractivity contribution >= 4 is 5.82 Å². The SMILES string of the molecule is COc1cccnc1NC(c1ccccc1)c1ccccc1. The van der Waals surface area contributed by atoms with Crippen molar-refractivity contribution in [3.05, 3.63) is 90.1 Å². The molecule has 110 valence electrons. The molecule has 0 saturated heterocycles. The average molecular weight is 290 g/mol. The lowest BCUT2D eigenvalue weighted by atomic mass is 9.99. The molecule has 1 N–H and O–H groups in total. The lowest BCUT2D eigenvalue weighted by Crippen LogP contribution is -2.13. The molecule has 1 heterocycles. The van der Waals surface area contributed by atoms with Crippen LogP contribution in [0.5, 0.6) is 5.75 Å². The lowest BCUT2D eigenvalue weighted by molar-refractivity contribution is 0.414. The fourth-order valence-electron chi connectivity index (χ4n) is 2.45. The van der Waals surface area contributed by atoms with Gasteiger partial charge in [0.25, 0.3) is 0 Å². The van der Waals surface area contributed by atoms with Crippen LogP contribution in [0.2, 0.25) is 0 Å². The van der Waals surface area contributed by atoms with Crippen molar-refractivity contribution in [2.24, 2.45) is 0 Å². The average Bonchev–Trinajstić information content (AvgIpc) is 2.61. The van der Waals surface area contributed by atoms with E-state index < -0.39 is 0 Å². The Labute approximate surface area is 130 Å². The van der Waals surface area contributed by atoms with Crippen LogP contribution >= 0.6 is 0 Å². The van der Waals surface area contributed by atoms with Gasteiger partial charge in [-0.2, -0.15) is 0 Å². The molecule has 3 rings (SSSR count). The van der Waals surface area contributed by atoms with Gasteiger partial charge in [-0.1, -0.05) is 60.7 Å². The molecular weight excluding hydrogens is 272 g/mol. The number of pyridine rings is 1. The summed E-state index contributed by atoms with van der Waals surface area (Å²) in [6.07, 6.45) is 1.76. The second kappa shape index (κ2) is 6.76. The van der Waals surface area contributed by atoms with Crippen molar-refractivity contribution in [2.45, 2.75) is 6.04 Å². The van der Waals surface area contributed by atoms with E-state index in [1.165, 1.54) is 11.1 Å². The molecule has 0 unspecified atom stereocenters. The van der Waals surface area contributed by atoms with Gasteiger partial charge in [0.15, 0.2) is 11.6 Å². The van der Waals surface area contributed by atoms with Gasteiger partial charge in [0.05, 0.1) is 13.2 Å². The highest BCUT2D eigenvalue weighted by molar-refractivity contribution is 5.53. The van der Waals surface area contributed by atoms with Gasteiger partial charge in [-0.15, -0.1) is 0 Å². The molecule has 1 aromatic heterocycles. The number of aromatic nitrogens is 1. The molecule has 0 spiro atoms. The maximum atomic E-state index is 5.39. The summed E-state index contributed by atoms with van der Waals surface area (Å²) < 4.78 is 5.39. The van der Waals surface area contributed by atoms with E-state index >= 15 is 0 Å². The summed E-state index contributed by atoms with van der Waals surface area (Å²) in [4.78, 5) is 4.40. The standard InChI is InChI=1S/C19H18N2O/c1-22-17-13-8-14-20-19(17)21-18(15-9-4-2-5-10-15)16-11-6-3-7-12-16/h2-14,18H,1H3,(H,20,21). The maximum Gasteiger partial charge on any atom is 0.169 e. The Balaban J connectivity index is 1.99. The zero-order valence-electron chi connectivity index (χ0n) is 12.4. The molecule has 3 aromatic rings. The molecule has 0 aliphatic carbocycles. The molecular formula is C19H18N2O. The van der Waals surface area contributed by atoms with Crippen molar-refractivity contribution < 1.29 is 4.74 Å². The van der Waals surface area contributed by atoms with Crippen molar-refractivity contribution in [3.8, 4) is 5.75 Å². The Bertz CT molecular complexity index is 674. The second-order valence-corrected chi connectivity index (χ2v) is 4.95. The van der Waals surface area contributed by atoms with Crippen LogP contribution in [0.3, 0.4) is 0 Å². The Morgan fingerprint density at radius 2 is 1.41 bits per heavy atom. The fourth-order valence-corrected chi connectivity index (χ4v) is 2.45. The Kier molecular flexibility index (Phi) is 4.35. The van der Waals surface area contributed by atoms with Crippen molar-refractivity contribution in [1.29, 1.82) is 0 Å². The topological polar surface area (TPSA) is 34.1 Å². The zero-order valence-corrected chi connectivity index (χ0v) is 12.4.